The average Bonchev–Trinajstić information content (AvgIpc) is 3.01. The maximum Gasteiger partial charge on any atom is 0.408 e. The van der Waals surface area contributed by atoms with Crippen LogP contribution in [0.2, 0.25) is 5.02 Å². The molecule has 1 unspecified atom stereocenters. The van der Waals surface area contributed by atoms with E-state index in [1.54, 1.807) is 63.2 Å². The second-order valence-electron chi connectivity index (χ2n) is 11.3. The van der Waals surface area contributed by atoms with Crippen LogP contribution in [-0.2, 0) is 25.7 Å². The van der Waals surface area contributed by atoms with Crippen molar-refractivity contribution in [2.24, 2.45) is 0 Å². The Balaban J connectivity index is 1.64. The minimum Gasteiger partial charge on any atom is -0.482 e. The van der Waals surface area contributed by atoms with Gasteiger partial charge < -0.3 is 30.0 Å². The molecule has 246 valence electrons. The predicted octanol–water partition coefficient (Wildman–Crippen LogP) is 7.14. The van der Waals surface area contributed by atoms with Crippen LogP contribution in [0, 0.1) is 0 Å². The lowest BCUT2D eigenvalue weighted by Gasteiger charge is -2.24. The number of benzene rings is 3. The molecule has 0 heterocycles. The van der Waals surface area contributed by atoms with Crippen LogP contribution in [-0.4, -0.2) is 53.2 Å². The van der Waals surface area contributed by atoms with Gasteiger partial charge in [-0.05, 0) is 69.4 Å². The SMILES string of the molecule is CC(C)(C)OC(=O)N[C@@H](CCCCNC(=O)OCc1ccccc1Cl)C(=O)SC(c1ccccc1)c1ccc(OCC(=O)O)cc1. The molecule has 0 aromatic heterocycles. The van der Waals surface area contributed by atoms with Gasteiger partial charge in [-0.3, -0.25) is 4.79 Å². The fraction of sp³-hybridized carbons (Fsp3) is 0.353. The number of carboxylic acid groups (broad SMARTS) is 1. The number of halogens is 1. The van der Waals surface area contributed by atoms with Gasteiger partial charge in [-0.25, -0.2) is 14.4 Å². The van der Waals surface area contributed by atoms with E-state index in [-0.39, 0.29) is 11.7 Å². The fourth-order valence-electron chi connectivity index (χ4n) is 4.21. The topological polar surface area (TPSA) is 140 Å². The molecule has 3 N–H and O–H groups in total. The number of hydrogen-bond acceptors (Lipinski definition) is 8. The van der Waals surface area contributed by atoms with Crippen LogP contribution in [0.4, 0.5) is 9.59 Å². The van der Waals surface area contributed by atoms with Crippen LogP contribution in [0.25, 0.3) is 0 Å². The Hall–Kier alpha value is -4.22. The van der Waals surface area contributed by atoms with Crippen molar-refractivity contribution >= 4 is 46.6 Å². The zero-order valence-corrected chi connectivity index (χ0v) is 27.6. The molecule has 0 bridgehead atoms. The van der Waals surface area contributed by atoms with Crippen molar-refractivity contribution in [2.45, 2.75) is 63.5 Å². The molecule has 2 amide bonds. The molecular formula is C34H39ClN2O8S. The first-order chi connectivity index (χ1) is 21.9. The van der Waals surface area contributed by atoms with Gasteiger partial charge in [0, 0.05) is 17.1 Å². The van der Waals surface area contributed by atoms with E-state index >= 15 is 0 Å². The van der Waals surface area contributed by atoms with Crippen molar-refractivity contribution in [3.8, 4) is 5.75 Å². The minimum absolute atomic E-state index is 0.0414. The largest absolute Gasteiger partial charge is 0.482 e. The summed E-state index contributed by atoms with van der Waals surface area (Å²) in [5, 5.41) is 14.1. The zero-order valence-electron chi connectivity index (χ0n) is 26.0. The highest BCUT2D eigenvalue weighted by Crippen LogP contribution is 2.38. The first-order valence-corrected chi connectivity index (χ1v) is 16.0. The molecule has 10 nitrogen and oxygen atoms in total. The lowest BCUT2D eigenvalue weighted by Crippen LogP contribution is -2.43. The van der Waals surface area contributed by atoms with Crippen LogP contribution in [0.3, 0.4) is 0 Å². The highest BCUT2D eigenvalue weighted by atomic mass is 35.5. The number of carboxylic acids is 1. The molecule has 0 aliphatic rings. The summed E-state index contributed by atoms with van der Waals surface area (Å²) < 4.78 is 15.9. The molecule has 46 heavy (non-hydrogen) atoms. The first kappa shape index (κ1) is 36.3. The number of rotatable bonds is 15. The van der Waals surface area contributed by atoms with Crippen molar-refractivity contribution in [3.05, 3.63) is 101 Å². The monoisotopic (exact) mass is 670 g/mol. The zero-order chi connectivity index (χ0) is 33.5. The van der Waals surface area contributed by atoms with Crippen molar-refractivity contribution in [2.75, 3.05) is 13.2 Å². The molecule has 0 aliphatic carbocycles. The normalized spacial score (nSPS) is 12.3. The molecule has 0 saturated heterocycles. The smallest absolute Gasteiger partial charge is 0.408 e. The fourth-order valence-corrected chi connectivity index (χ4v) is 5.56. The van der Waals surface area contributed by atoms with Gasteiger partial charge in [0.1, 0.15) is 24.0 Å². The maximum atomic E-state index is 13.8. The standard InChI is InChI=1S/C34H39ClN2O8S/c1-34(2,3)45-33(42)37-28(15-9-10-20-36-32(41)44-21-25-13-7-8-14-27(25)35)31(40)46-30(23-11-5-4-6-12-23)24-16-18-26(19-17-24)43-22-29(38)39/h4-8,11-14,16-19,28,30H,9-10,15,20-22H2,1-3H3,(H,36,41)(H,37,42)(H,38,39)/t28-,30?/m0/s1. The summed E-state index contributed by atoms with van der Waals surface area (Å²) in [5.41, 5.74) is 1.61. The van der Waals surface area contributed by atoms with Gasteiger partial charge in [0.15, 0.2) is 6.61 Å². The van der Waals surface area contributed by atoms with Gasteiger partial charge in [-0.1, -0.05) is 84.0 Å². The van der Waals surface area contributed by atoms with E-state index in [0.29, 0.717) is 42.1 Å². The number of unbranched alkanes of at least 4 members (excludes halogenated alkanes) is 1. The number of carbonyl (C=O) groups is 4. The van der Waals surface area contributed by atoms with Gasteiger partial charge in [0.05, 0.1) is 5.25 Å². The lowest BCUT2D eigenvalue weighted by atomic mass is 10.0. The third-order valence-corrected chi connectivity index (χ3v) is 8.03. The molecular weight excluding hydrogens is 632 g/mol. The van der Waals surface area contributed by atoms with Gasteiger partial charge >= 0.3 is 18.2 Å². The number of hydrogen-bond donors (Lipinski definition) is 3. The Kier molecular flexibility index (Phi) is 14.2. The number of thioether (sulfide) groups is 1. The summed E-state index contributed by atoms with van der Waals surface area (Å²) in [7, 11) is 0. The van der Waals surface area contributed by atoms with E-state index < -0.39 is 41.7 Å². The average molecular weight is 671 g/mol. The highest BCUT2D eigenvalue weighted by molar-refractivity contribution is 8.14. The molecule has 12 heteroatoms. The van der Waals surface area contributed by atoms with Crippen molar-refractivity contribution in [3.63, 3.8) is 0 Å². The molecule has 0 saturated carbocycles. The molecule has 0 fully saturated rings. The minimum atomic E-state index is -1.08. The van der Waals surface area contributed by atoms with E-state index in [1.807, 2.05) is 36.4 Å². The number of amides is 2. The molecule has 3 aromatic rings. The Morgan fingerprint density at radius 3 is 2.17 bits per heavy atom. The molecule has 0 aliphatic heterocycles. The van der Waals surface area contributed by atoms with E-state index in [4.69, 9.17) is 30.9 Å². The molecule has 0 spiro atoms. The van der Waals surface area contributed by atoms with Gasteiger partial charge in [0.25, 0.3) is 0 Å². The first-order valence-electron chi connectivity index (χ1n) is 14.7. The van der Waals surface area contributed by atoms with Crippen LogP contribution in [0.15, 0.2) is 78.9 Å². The maximum absolute atomic E-state index is 13.8. The number of aliphatic carboxylic acids is 1. The number of carbonyl (C=O) groups excluding carboxylic acids is 3. The van der Waals surface area contributed by atoms with E-state index in [0.717, 1.165) is 22.9 Å². The summed E-state index contributed by atoms with van der Waals surface area (Å²) >= 11 is 7.18. The Morgan fingerprint density at radius 1 is 0.870 bits per heavy atom. The quantitative estimate of drug-likeness (QED) is 0.144. The Labute approximate surface area is 278 Å². The summed E-state index contributed by atoms with van der Waals surface area (Å²) in [4.78, 5) is 49.5. The summed E-state index contributed by atoms with van der Waals surface area (Å²) in [6.45, 7) is 5.11. The van der Waals surface area contributed by atoms with Gasteiger partial charge in [-0.15, -0.1) is 0 Å². The highest BCUT2D eigenvalue weighted by Gasteiger charge is 2.28. The third kappa shape index (κ3) is 13.0. The second-order valence-corrected chi connectivity index (χ2v) is 12.8. The van der Waals surface area contributed by atoms with E-state index in [2.05, 4.69) is 10.6 Å². The van der Waals surface area contributed by atoms with Crippen molar-refractivity contribution in [1.82, 2.24) is 10.6 Å². The molecule has 3 rings (SSSR count). The summed E-state index contributed by atoms with van der Waals surface area (Å²) in [6, 6.07) is 22.5. The van der Waals surface area contributed by atoms with Crippen LogP contribution >= 0.6 is 23.4 Å². The number of alkyl carbamates (subject to hydrolysis) is 2. The van der Waals surface area contributed by atoms with Gasteiger partial charge in [-0.2, -0.15) is 0 Å². The third-order valence-electron chi connectivity index (χ3n) is 6.36. The number of nitrogens with one attached hydrogen (secondary N) is 2. The summed E-state index contributed by atoms with van der Waals surface area (Å²) in [6.07, 6.45) is 0.0728. The molecule has 0 radical (unpaired) electrons. The predicted molar refractivity (Wildman–Crippen MR) is 177 cm³/mol. The van der Waals surface area contributed by atoms with Crippen LogP contribution in [0.5, 0.6) is 5.75 Å². The Morgan fingerprint density at radius 2 is 1.52 bits per heavy atom. The lowest BCUT2D eigenvalue weighted by molar-refractivity contribution is -0.139. The Bertz CT molecular complexity index is 1450. The van der Waals surface area contributed by atoms with E-state index in [1.165, 1.54) is 0 Å². The summed E-state index contributed by atoms with van der Waals surface area (Å²) in [5.74, 6) is -0.694. The van der Waals surface area contributed by atoms with E-state index in [9.17, 15) is 19.2 Å². The van der Waals surface area contributed by atoms with Gasteiger partial charge in [0.2, 0.25) is 5.12 Å². The van der Waals surface area contributed by atoms with Crippen molar-refractivity contribution in [1.29, 1.82) is 0 Å². The molecule has 2 atom stereocenters. The number of ether oxygens (including phenoxy) is 3. The van der Waals surface area contributed by atoms with Crippen LogP contribution in [0.1, 0.15) is 62.0 Å². The molecule has 3 aromatic carbocycles. The second kappa shape index (κ2) is 18.1. The van der Waals surface area contributed by atoms with Crippen molar-refractivity contribution < 1.29 is 38.5 Å². The van der Waals surface area contributed by atoms with Crippen LogP contribution < -0.4 is 15.4 Å².